The summed E-state index contributed by atoms with van der Waals surface area (Å²) in [5, 5.41) is 16.2. The molecule has 9 N–H and O–H groups in total. The Hall–Kier alpha value is -3.72. The van der Waals surface area contributed by atoms with Crippen LogP contribution in [0.5, 0.6) is 0 Å². The first-order valence-corrected chi connectivity index (χ1v) is 22.6. The Morgan fingerprint density at radius 3 is 1.59 bits per heavy atom. The van der Waals surface area contributed by atoms with E-state index >= 15 is 0 Å². The molecule has 2 saturated heterocycles. The number of carbonyl (C=O) groups excluding carboxylic acids is 4. The van der Waals surface area contributed by atoms with E-state index < -0.39 is 0 Å². The maximum absolute atomic E-state index is 14.2. The molecule has 2 fully saturated rings. The third kappa shape index (κ3) is 12.2. The number of amides is 3. The van der Waals surface area contributed by atoms with Gasteiger partial charge in [-0.3, -0.25) is 19.2 Å². The lowest BCUT2D eigenvalue weighted by Crippen LogP contribution is -2.34. The lowest BCUT2D eigenvalue weighted by Gasteiger charge is -2.26. The van der Waals surface area contributed by atoms with Crippen LogP contribution in [0.15, 0.2) is 58.3 Å². The SMILES string of the molecule is CC(C)(C)c1cc(CC(=O)c2cccc(C(=O)Nc3cc(C(C)(C)C)cc(NC(=O)C4CCNCC4)c3SCCN)c2)c(SCCN)c(NC(=O)C2CCNCC2)c1. The van der Waals surface area contributed by atoms with Crippen molar-refractivity contribution in [2.24, 2.45) is 23.3 Å². The molecule has 2 aliphatic rings. The van der Waals surface area contributed by atoms with Crippen LogP contribution in [0, 0.1) is 11.8 Å². The van der Waals surface area contributed by atoms with Gasteiger partial charge in [0.15, 0.2) is 5.78 Å². The number of ketones is 1. The summed E-state index contributed by atoms with van der Waals surface area (Å²) >= 11 is 3.03. The third-order valence-electron chi connectivity index (χ3n) is 10.7. The fraction of sp³-hybridized carbons (Fsp3) is 0.511. The zero-order valence-corrected chi connectivity index (χ0v) is 36.7. The minimum atomic E-state index is -0.372. The van der Waals surface area contributed by atoms with Gasteiger partial charge in [-0.25, -0.2) is 0 Å². The highest BCUT2D eigenvalue weighted by atomic mass is 32.2. The van der Waals surface area contributed by atoms with E-state index in [0.29, 0.717) is 52.8 Å². The van der Waals surface area contributed by atoms with Gasteiger partial charge in [-0.05, 0) is 110 Å². The Labute approximate surface area is 353 Å². The Balaban J connectivity index is 1.45. The molecule has 0 bridgehead atoms. The summed E-state index contributed by atoms with van der Waals surface area (Å²) in [5.41, 5.74) is 16.8. The van der Waals surface area contributed by atoms with E-state index in [9.17, 15) is 19.2 Å². The predicted octanol–water partition coefficient (Wildman–Crippen LogP) is 6.94. The minimum absolute atomic E-state index is 0.00737. The quantitative estimate of drug-likeness (QED) is 0.0627. The number of Topliss-reactive ketones (excluding diaryl/α,β-unsaturated/α-hetero) is 1. The average Bonchev–Trinajstić information content (AvgIpc) is 3.20. The van der Waals surface area contributed by atoms with Crippen LogP contribution in [0.2, 0.25) is 0 Å². The summed E-state index contributed by atoms with van der Waals surface area (Å²) in [6, 6.07) is 14.9. The highest BCUT2D eigenvalue weighted by molar-refractivity contribution is 7.99. The van der Waals surface area contributed by atoms with Gasteiger partial charge in [0.25, 0.3) is 5.91 Å². The first-order chi connectivity index (χ1) is 27.6. The molecule has 0 aromatic heterocycles. The molecule has 3 aromatic rings. The Morgan fingerprint density at radius 1 is 0.638 bits per heavy atom. The maximum atomic E-state index is 14.2. The van der Waals surface area contributed by atoms with E-state index in [0.717, 1.165) is 78.3 Å². The van der Waals surface area contributed by atoms with Crippen molar-refractivity contribution >= 4 is 64.1 Å². The summed E-state index contributed by atoms with van der Waals surface area (Å²) in [4.78, 5) is 56.9. The molecular formula is C45H63N7O4S2. The van der Waals surface area contributed by atoms with Crippen molar-refractivity contribution in [3.63, 3.8) is 0 Å². The van der Waals surface area contributed by atoms with Crippen LogP contribution in [0.3, 0.4) is 0 Å². The molecule has 0 unspecified atom stereocenters. The molecule has 13 heteroatoms. The monoisotopic (exact) mass is 829 g/mol. The molecule has 0 radical (unpaired) electrons. The summed E-state index contributed by atoms with van der Waals surface area (Å²) in [6.07, 6.45) is 3.16. The Morgan fingerprint density at radius 2 is 1.09 bits per heavy atom. The van der Waals surface area contributed by atoms with Crippen molar-refractivity contribution in [3.05, 3.63) is 76.3 Å². The third-order valence-corrected chi connectivity index (χ3v) is 13.1. The largest absolute Gasteiger partial charge is 0.330 e. The molecule has 11 nitrogen and oxygen atoms in total. The topological polar surface area (TPSA) is 180 Å². The van der Waals surface area contributed by atoms with Gasteiger partial charge in [0.05, 0.1) is 22.0 Å². The van der Waals surface area contributed by atoms with E-state index in [1.807, 2.05) is 18.2 Å². The number of anilines is 3. The summed E-state index contributed by atoms with van der Waals surface area (Å²) in [6.45, 7) is 16.7. The second-order valence-corrected chi connectivity index (χ2v) is 19.6. The Kier molecular flexibility index (Phi) is 16.0. The average molecular weight is 830 g/mol. The molecule has 0 aliphatic carbocycles. The van der Waals surface area contributed by atoms with E-state index in [4.69, 9.17) is 11.5 Å². The summed E-state index contributed by atoms with van der Waals surface area (Å²) < 4.78 is 0. The van der Waals surface area contributed by atoms with E-state index in [-0.39, 0.29) is 52.6 Å². The lowest BCUT2D eigenvalue weighted by atomic mass is 9.85. The number of benzene rings is 3. The Bertz CT molecular complexity index is 1810. The second kappa shape index (κ2) is 20.5. The predicted molar refractivity (Wildman–Crippen MR) is 241 cm³/mol. The van der Waals surface area contributed by atoms with Gasteiger partial charge in [-0.1, -0.05) is 59.7 Å². The highest BCUT2D eigenvalue weighted by Gasteiger charge is 2.28. The maximum Gasteiger partial charge on any atom is 0.255 e. The number of carbonyl (C=O) groups is 4. The molecule has 0 atom stereocenters. The minimum Gasteiger partial charge on any atom is -0.330 e. The number of rotatable bonds is 15. The van der Waals surface area contributed by atoms with Crippen LogP contribution in [0.4, 0.5) is 17.1 Å². The number of nitrogens with one attached hydrogen (secondary N) is 5. The van der Waals surface area contributed by atoms with Gasteiger partial charge >= 0.3 is 0 Å². The molecule has 5 rings (SSSR count). The molecule has 2 aliphatic heterocycles. The van der Waals surface area contributed by atoms with Gasteiger partial charge in [-0.2, -0.15) is 0 Å². The molecule has 0 saturated carbocycles. The highest BCUT2D eigenvalue weighted by Crippen LogP contribution is 2.41. The number of hydrogen-bond acceptors (Lipinski definition) is 10. The lowest BCUT2D eigenvalue weighted by molar-refractivity contribution is -0.121. The van der Waals surface area contributed by atoms with E-state index in [1.54, 1.807) is 36.0 Å². The second-order valence-electron chi connectivity index (χ2n) is 17.3. The number of nitrogens with two attached hydrogens (primary N) is 2. The van der Waals surface area contributed by atoms with E-state index in [1.165, 1.54) is 11.8 Å². The molecule has 3 amide bonds. The van der Waals surface area contributed by atoms with E-state index in [2.05, 4.69) is 74.2 Å². The molecule has 58 heavy (non-hydrogen) atoms. The first kappa shape index (κ1) is 45.4. The van der Waals surface area contributed by atoms with Crippen LogP contribution in [-0.4, -0.2) is 74.3 Å². The number of piperidine rings is 2. The molecule has 314 valence electrons. The fourth-order valence-electron chi connectivity index (χ4n) is 7.18. The van der Waals surface area contributed by atoms with Crippen LogP contribution < -0.4 is 38.1 Å². The molecule has 2 heterocycles. The van der Waals surface area contributed by atoms with Crippen molar-refractivity contribution in [1.29, 1.82) is 0 Å². The fourth-order valence-corrected chi connectivity index (χ4v) is 8.94. The van der Waals surface area contributed by atoms with Crippen molar-refractivity contribution in [1.82, 2.24) is 10.6 Å². The van der Waals surface area contributed by atoms with Crippen molar-refractivity contribution in [3.8, 4) is 0 Å². The van der Waals surface area contributed by atoms with Crippen LogP contribution in [-0.2, 0) is 26.8 Å². The zero-order chi connectivity index (χ0) is 42.0. The van der Waals surface area contributed by atoms with Gasteiger partial charge in [-0.15, -0.1) is 23.5 Å². The molecule has 0 spiro atoms. The zero-order valence-electron chi connectivity index (χ0n) is 35.1. The van der Waals surface area contributed by atoms with Gasteiger partial charge in [0.2, 0.25) is 11.8 Å². The van der Waals surface area contributed by atoms with Crippen molar-refractivity contribution in [2.75, 3.05) is 66.7 Å². The molecular weight excluding hydrogens is 767 g/mol. The van der Waals surface area contributed by atoms with Crippen molar-refractivity contribution in [2.45, 2.75) is 94.3 Å². The van der Waals surface area contributed by atoms with Crippen LogP contribution in [0.1, 0.15) is 105 Å². The standard InChI is InChI=1S/C45H63N7O4S2/c1-44(2,3)33-23-32(39(57-20-14-46)35(25-33)50-41(54)28-10-16-48-17-11-28)24-38(53)30-8-7-9-31(22-30)43(56)52-37-27-34(45(4,5)6)26-36(40(37)58-21-15-47)51-42(55)29-12-18-49-19-13-29/h7-9,22-23,25-29,48-49H,10-21,24,46-47H2,1-6H3,(H,50,54)(H,51,55)(H,52,56). The van der Waals surface area contributed by atoms with Gasteiger partial charge < -0.3 is 38.1 Å². The van der Waals surface area contributed by atoms with Crippen LogP contribution in [0.25, 0.3) is 0 Å². The van der Waals surface area contributed by atoms with Gasteiger partial charge in [0.1, 0.15) is 0 Å². The number of hydrogen-bond donors (Lipinski definition) is 7. The summed E-state index contributed by atoms with van der Waals surface area (Å²) in [7, 11) is 0. The molecule has 3 aromatic carbocycles. The van der Waals surface area contributed by atoms with Crippen LogP contribution >= 0.6 is 23.5 Å². The summed E-state index contributed by atoms with van der Waals surface area (Å²) in [5.74, 6) is 0.469. The first-order valence-electron chi connectivity index (χ1n) is 20.6. The van der Waals surface area contributed by atoms with Crippen molar-refractivity contribution < 1.29 is 19.2 Å². The smallest absolute Gasteiger partial charge is 0.255 e. The normalized spacial score (nSPS) is 15.5. The number of thioether (sulfide) groups is 2. The van der Waals surface area contributed by atoms with Gasteiger partial charge in [0, 0.05) is 58.9 Å².